The molecule has 0 bridgehead atoms. The highest BCUT2D eigenvalue weighted by atomic mass is 15.4. The standard InChI is InChI=1S/3C4H10.2C3H3N3.C2H5N3/c3*1-4(2)3;1-2-5-6-3-4-1;1-2-4-6-5-3-1;1-3-2-5-4-1/h3*4H,1-3H3;2*1-3H;1,5H,2H2,(H,3,4). The van der Waals surface area contributed by atoms with Gasteiger partial charge in [0, 0.05) is 6.20 Å². The van der Waals surface area contributed by atoms with Crippen LogP contribution in [0, 0.1) is 17.8 Å². The second kappa shape index (κ2) is 27.7. The molecule has 3 rings (SSSR count). The van der Waals surface area contributed by atoms with Gasteiger partial charge in [-0.15, -0.1) is 15.3 Å². The third-order valence-corrected chi connectivity index (χ3v) is 1.24. The third kappa shape index (κ3) is 67.0. The van der Waals surface area contributed by atoms with Gasteiger partial charge in [0.2, 0.25) is 0 Å². The van der Waals surface area contributed by atoms with Gasteiger partial charge in [-0.1, -0.05) is 62.3 Å². The van der Waals surface area contributed by atoms with Gasteiger partial charge in [0.05, 0.1) is 24.9 Å². The summed E-state index contributed by atoms with van der Waals surface area (Å²) in [6.07, 6.45) is 9.27. The maximum absolute atomic E-state index is 3.74. The van der Waals surface area contributed by atoms with Gasteiger partial charge in [0.25, 0.3) is 0 Å². The molecule has 0 saturated heterocycles. The van der Waals surface area contributed by atoms with Crippen molar-refractivity contribution in [1.29, 1.82) is 0 Å². The lowest BCUT2D eigenvalue weighted by molar-refractivity contribution is 0.731. The average molecular weight is 408 g/mol. The van der Waals surface area contributed by atoms with E-state index in [1.165, 1.54) is 12.5 Å². The van der Waals surface area contributed by atoms with Crippen LogP contribution in [0.4, 0.5) is 0 Å². The minimum absolute atomic E-state index is 0.708. The maximum Gasteiger partial charge on any atom is 0.138 e. The van der Waals surface area contributed by atoms with E-state index in [9.17, 15) is 0 Å². The second-order valence-corrected chi connectivity index (χ2v) is 7.59. The number of hydrogen-bond acceptors (Lipinski definition) is 9. The summed E-state index contributed by atoms with van der Waals surface area (Å²) in [4.78, 5) is 7.35. The Labute approximate surface area is 177 Å². The molecule has 1 aliphatic rings. The Kier molecular flexibility index (Phi) is 29.7. The fourth-order valence-electron chi connectivity index (χ4n) is 0.638. The first-order valence-corrected chi connectivity index (χ1v) is 9.81. The van der Waals surface area contributed by atoms with Crippen molar-refractivity contribution in [3.8, 4) is 0 Å². The Morgan fingerprint density at radius 2 is 1.17 bits per heavy atom. The van der Waals surface area contributed by atoms with E-state index >= 15 is 0 Å². The van der Waals surface area contributed by atoms with Crippen LogP contribution in [0.2, 0.25) is 0 Å². The first-order chi connectivity index (χ1) is 13.7. The van der Waals surface area contributed by atoms with Gasteiger partial charge in [0.15, 0.2) is 0 Å². The summed E-state index contributed by atoms with van der Waals surface area (Å²) >= 11 is 0. The number of aliphatic imine (C=N–C) groups is 1. The zero-order valence-corrected chi connectivity index (χ0v) is 19.6. The molecule has 0 radical (unpaired) electrons. The largest absolute Gasteiger partial charge is 0.310 e. The second-order valence-electron chi connectivity index (χ2n) is 7.59. The molecule has 0 amide bonds. The van der Waals surface area contributed by atoms with E-state index < -0.39 is 0 Å². The molecule has 166 valence electrons. The van der Waals surface area contributed by atoms with E-state index in [1.807, 2.05) is 0 Å². The molecule has 1 aliphatic heterocycles. The average Bonchev–Trinajstić information content (AvgIpc) is 3.24. The molecule has 2 aromatic rings. The smallest absolute Gasteiger partial charge is 0.138 e. The van der Waals surface area contributed by atoms with Crippen LogP contribution >= 0.6 is 0 Å². The Bertz CT molecular complexity index is 392. The monoisotopic (exact) mass is 407 g/mol. The van der Waals surface area contributed by atoms with E-state index in [0.717, 1.165) is 17.8 Å². The van der Waals surface area contributed by atoms with Gasteiger partial charge in [-0.3, -0.25) is 4.99 Å². The summed E-state index contributed by atoms with van der Waals surface area (Å²) in [5.74, 6) is 2.50. The highest BCUT2D eigenvalue weighted by Gasteiger charge is 1.79. The molecule has 0 unspecified atom stereocenters. The van der Waals surface area contributed by atoms with Crippen LogP contribution in [-0.4, -0.2) is 43.6 Å². The molecule has 9 nitrogen and oxygen atoms in total. The van der Waals surface area contributed by atoms with E-state index in [0.29, 0.717) is 6.67 Å². The van der Waals surface area contributed by atoms with Crippen LogP contribution in [0.5, 0.6) is 0 Å². The van der Waals surface area contributed by atoms with Gasteiger partial charge in [-0.2, -0.15) is 5.10 Å². The molecule has 0 aromatic carbocycles. The number of hydrazine groups is 1. The van der Waals surface area contributed by atoms with Crippen LogP contribution in [0.1, 0.15) is 62.3 Å². The topological polar surface area (TPSA) is 114 Å². The van der Waals surface area contributed by atoms with Crippen molar-refractivity contribution in [2.75, 3.05) is 6.67 Å². The molecular weight excluding hydrogens is 366 g/mol. The van der Waals surface area contributed by atoms with Crippen LogP contribution in [-0.2, 0) is 0 Å². The minimum Gasteiger partial charge on any atom is -0.310 e. The molecule has 0 spiro atoms. The normalized spacial score (nSPS) is 10.3. The molecule has 0 fully saturated rings. The van der Waals surface area contributed by atoms with E-state index in [1.54, 1.807) is 31.0 Å². The lowest BCUT2D eigenvalue weighted by Crippen LogP contribution is -2.22. The van der Waals surface area contributed by atoms with Crippen molar-refractivity contribution in [1.82, 2.24) is 41.4 Å². The van der Waals surface area contributed by atoms with Gasteiger partial charge in [-0.25, -0.2) is 10.4 Å². The summed E-state index contributed by atoms with van der Waals surface area (Å²) in [6.45, 7) is 20.2. The molecule has 2 aromatic heterocycles. The molecule has 2 N–H and O–H groups in total. The number of rotatable bonds is 0. The SMILES string of the molecule is C1=NCNN1.CC(C)C.CC(C)C.CC(C)C.c1cnncn1.c1cnnnc1. The van der Waals surface area contributed by atoms with Crippen LogP contribution in [0.3, 0.4) is 0 Å². The molecule has 0 atom stereocenters. The maximum atomic E-state index is 3.74. The Hall–Kier alpha value is -2.55. The van der Waals surface area contributed by atoms with Gasteiger partial charge < -0.3 is 5.43 Å². The molecular formula is C20H41N9. The predicted molar refractivity (Wildman–Crippen MR) is 121 cm³/mol. The Balaban J connectivity index is -0.000000283. The molecule has 0 saturated carbocycles. The summed E-state index contributed by atoms with van der Waals surface area (Å²) < 4.78 is 0. The van der Waals surface area contributed by atoms with Gasteiger partial charge in [-0.05, 0) is 29.0 Å². The number of nitrogens with one attached hydrogen (secondary N) is 2. The van der Waals surface area contributed by atoms with Gasteiger partial charge >= 0.3 is 0 Å². The molecule has 3 heterocycles. The number of aromatic nitrogens is 6. The van der Waals surface area contributed by atoms with Crippen molar-refractivity contribution in [2.24, 2.45) is 22.7 Å². The lowest BCUT2D eigenvalue weighted by atomic mass is 10.3. The number of nitrogens with zero attached hydrogens (tertiary/aromatic N) is 7. The van der Waals surface area contributed by atoms with Crippen molar-refractivity contribution in [3.05, 3.63) is 37.2 Å². The van der Waals surface area contributed by atoms with Crippen molar-refractivity contribution in [2.45, 2.75) is 62.3 Å². The molecule has 29 heavy (non-hydrogen) atoms. The summed E-state index contributed by atoms with van der Waals surface area (Å²) in [5, 5.41) is 17.0. The first-order valence-electron chi connectivity index (χ1n) is 9.81. The fourth-order valence-corrected chi connectivity index (χ4v) is 0.638. The zero-order chi connectivity index (χ0) is 22.8. The summed E-state index contributed by atoms with van der Waals surface area (Å²) in [6, 6.07) is 1.72. The van der Waals surface area contributed by atoms with Crippen molar-refractivity contribution in [3.63, 3.8) is 0 Å². The number of hydrogen-bond donors (Lipinski definition) is 2. The van der Waals surface area contributed by atoms with Crippen LogP contribution in [0.15, 0.2) is 42.2 Å². The minimum atomic E-state index is 0.708. The summed E-state index contributed by atoms with van der Waals surface area (Å²) in [5.41, 5.74) is 5.43. The summed E-state index contributed by atoms with van der Waals surface area (Å²) in [7, 11) is 0. The van der Waals surface area contributed by atoms with E-state index in [4.69, 9.17) is 0 Å². The molecule has 0 aliphatic carbocycles. The van der Waals surface area contributed by atoms with Crippen LogP contribution in [0.25, 0.3) is 0 Å². The van der Waals surface area contributed by atoms with Crippen LogP contribution < -0.4 is 10.9 Å². The van der Waals surface area contributed by atoms with Crippen molar-refractivity contribution >= 4 is 6.34 Å². The predicted octanol–water partition coefficient (Wildman–Crippen LogP) is 3.81. The third-order valence-electron chi connectivity index (χ3n) is 1.24. The lowest BCUT2D eigenvalue weighted by Gasteiger charge is -1.80. The zero-order valence-electron chi connectivity index (χ0n) is 19.6. The highest BCUT2D eigenvalue weighted by Crippen LogP contribution is 1.82. The highest BCUT2D eigenvalue weighted by molar-refractivity contribution is 5.54. The van der Waals surface area contributed by atoms with E-state index in [2.05, 4.69) is 109 Å². The Morgan fingerprint density at radius 3 is 1.28 bits per heavy atom. The van der Waals surface area contributed by atoms with Gasteiger partial charge in [0.1, 0.15) is 13.0 Å². The van der Waals surface area contributed by atoms with Crippen molar-refractivity contribution < 1.29 is 0 Å². The Morgan fingerprint density at radius 1 is 0.655 bits per heavy atom. The first kappa shape index (κ1) is 31.2. The fraction of sp³-hybridized carbons (Fsp3) is 0.650. The van der Waals surface area contributed by atoms with E-state index in [-0.39, 0.29) is 0 Å². The molecule has 9 heteroatoms. The quantitative estimate of drug-likeness (QED) is 0.677.